The van der Waals surface area contributed by atoms with Crippen LogP contribution in [0.2, 0.25) is 0 Å². The van der Waals surface area contributed by atoms with Gasteiger partial charge in [-0.05, 0) is 20.8 Å². The lowest BCUT2D eigenvalue weighted by molar-refractivity contribution is -0.159. The Morgan fingerprint density at radius 1 is 1.32 bits per heavy atom. The summed E-state index contributed by atoms with van der Waals surface area (Å²) in [6.45, 7) is 4.67. The van der Waals surface area contributed by atoms with Crippen molar-refractivity contribution in [2.24, 2.45) is 0 Å². The number of ether oxygens (including phenoxy) is 2. The van der Waals surface area contributed by atoms with Crippen molar-refractivity contribution in [1.29, 1.82) is 5.26 Å². The third-order valence-corrected chi connectivity index (χ3v) is 3.75. The van der Waals surface area contributed by atoms with Crippen LogP contribution in [0.5, 0.6) is 0 Å². The molecule has 0 aromatic carbocycles. The first kappa shape index (κ1) is 18.2. The van der Waals surface area contributed by atoms with Crippen LogP contribution in [0.15, 0.2) is 18.0 Å². The standard InChI is InChI=1S/C16H18N4O5/c1-4-24-13(22)6-16(15(23)25-5-2)12(10(3)21)9-18-14-11(7-17)8-19-20(14)16/h8-9,18H,4-6H2,1-3H3. The zero-order chi connectivity index (χ0) is 18.6. The molecule has 0 bridgehead atoms. The summed E-state index contributed by atoms with van der Waals surface area (Å²) in [5, 5.41) is 16.0. The molecular weight excluding hydrogens is 328 g/mol. The van der Waals surface area contributed by atoms with Gasteiger partial charge in [0.25, 0.3) is 0 Å². The van der Waals surface area contributed by atoms with Crippen LogP contribution in [0.1, 0.15) is 32.8 Å². The molecule has 25 heavy (non-hydrogen) atoms. The lowest BCUT2D eigenvalue weighted by atomic mass is 9.83. The summed E-state index contributed by atoms with van der Waals surface area (Å²) in [4.78, 5) is 37.2. The van der Waals surface area contributed by atoms with Gasteiger partial charge in [-0.15, -0.1) is 0 Å². The Bertz CT molecular complexity index is 789. The average Bonchev–Trinajstić information content (AvgIpc) is 2.98. The Morgan fingerprint density at radius 2 is 2.00 bits per heavy atom. The van der Waals surface area contributed by atoms with E-state index in [0.29, 0.717) is 0 Å². The number of ketones is 1. The molecule has 0 spiro atoms. The van der Waals surface area contributed by atoms with E-state index in [-0.39, 0.29) is 30.2 Å². The van der Waals surface area contributed by atoms with E-state index >= 15 is 0 Å². The van der Waals surface area contributed by atoms with Crippen molar-refractivity contribution in [3.8, 4) is 6.07 Å². The normalized spacial score (nSPS) is 18.2. The second kappa shape index (κ2) is 7.17. The number of aromatic nitrogens is 2. The largest absolute Gasteiger partial charge is 0.466 e. The molecule has 9 nitrogen and oxygen atoms in total. The first-order chi connectivity index (χ1) is 11.9. The van der Waals surface area contributed by atoms with Crippen molar-refractivity contribution < 1.29 is 23.9 Å². The van der Waals surface area contributed by atoms with Gasteiger partial charge in [-0.2, -0.15) is 10.4 Å². The maximum Gasteiger partial charge on any atom is 0.339 e. The fourth-order valence-corrected chi connectivity index (χ4v) is 2.74. The average molecular weight is 346 g/mol. The van der Waals surface area contributed by atoms with Crippen molar-refractivity contribution >= 4 is 23.5 Å². The third-order valence-electron chi connectivity index (χ3n) is 3.75. The highest BCUT2D eigenvalue weighted by molar-refractivity contribution is 6.05. The highest BCUT2D eigenvalue weighted by Crippen LogP contribution is 2.39. The van der Waals surface area contributed by atoms with E-state index in [9.17, 15) is 19.6 Å². The summed E-state index contributed by atoms with van der Waals surface area (Å²) in [7, 11) is 0. The molecule has 1 aromatic rings. The van der Waals surface area contributed by atoms with Gasteiger partial charge in [-0.25, -0.2) is 9.48 Å². The van der Waals surface area contributed by atoms with Crippen LogP contribution >= 0.6 is 0 Å². The smallest absolute Gasteiger partial charge is 0.339 e. The lowest BCUT2D eigenvalue weighted by Crippen LogP contribution is -2.51. The maximum atomic E-state index is 12.8. The van der Waals surface area contributed by atoms with Crippen LogP contribution in [-0.4, -0.2) is 40.7 Å². The second-order valence-electron chi connectivity index (χ2n) is 5.25. The Labute approximate surface area is 144 Å². The molecule has 2 heterocycles. The van der Waals surface area contributed by atoms with Crippen LogP contribution in [0.4, 0.5) is 5.82 Å². The molecule has 1 atom stereocenters. The fraction of sp³-hybridized carbons (Fsp3) is 0.438. The van der Waals surface area contributed by atoms with Gasteiger partial charge < -0.3 is 14.8 Å². The Balaban J connectivity index is 2.71. The molecule has 1 aliphatic heterocycles. The summed E-state index contributed by atoms with van der Waals surface area (Å²) in [6, 6.07) is 1.94. The zero-order valence-corrected chi connectivity index (χ0v) is 14.2. The minimum absolute atomic E-state index is 0.000840. The van der Waals surface area contributed by atoms with Gasteiger partial charge in [-0.3, -0.25) is 9.59 Å². The Morgan fingerprint density at radius 3 is 2.56 bits per heavy atom. The van der Waals surface area contributed by atoms with E-state index in [1.165, 1.54) is 19.3 Å². The predicted molar refractivity (Wildman–Crippen MR) is 85.2 cm³/mol. The fourth-order valence-electron chi connectivity index (χ4n) is 2.74. The van der Waals surface area contributed by atoms with Crippen LogP contribution < -0.4 is 5.32 Å². The van der Waals surface area contributed by atoms with Crippen LogP contribution in [0.3, 0.4) is 0 Å². The van der Waals surface area contributed by atoms with Crippen molar-refractivity contribution in [2.45, 2.75) is 32.7 Å². The molecule has 1 aromatic heterocycles. The van der Waals surface area contributed by atoms with Gasteiger partial charge in [-0.1, -0.05) is 0 Å². The summed E-state index contributed by atoms with van der Waals surface area (Å²) in [5.74, 6) is -1.75. The highest BCUT2D eigenvalue weighted by atomic mass is 16.5. The number of rotatable bonds is 6. The molecule has 1 unspecified atom stereocenters. The Hall–Kier alpha value is -3.15. The van der Waals surface area contributed by atoms with Crippen molar-refractivity contribution in [3.05, 3.63) is 23.5 Å². The summed E-state index contributed by atoms with van der Waals surface area (Å²) < 4.78 is 11.2. The highest BCUT2D eigenvalue weighted by Gasteiger charge is 2.53. The molecule has 0 saturated carbocycles. The second-order valence-corrected chi connectivity index (χ2v) is 5.25. The minimum Gasteiger partial charge on any atom is -0.466 e. The van der Waals surface area contributed by atoms with Gasteiger partial charge in [0.15, 0.2) is 5.78 Å². The maximum absolute atomic E-state index is 12.8. The number of fused-ring (bicyclic) bond motifs is 1. The number of carbonyl (C=O) groups excluding carboxylic acids is 3. The number of nitrogens with one attached hydrogen (secondary N) is 1. The number of hydrogen-bond donors (Lipinski definition) is 1. The number of nitriles is 1. The molecule has 0 saturated heterocycles. The summed E-state index contributed by atoms with van der Waals surface area (Å²) in [5.41, 5.74) is -1.67. The minimum atomic E-state index is -1.83. The zero-order valence-electron chi connectivity index (χ0n) is 14.2. The molecular formula is C16H18N4O5. The van der Waals surface area contributed by atoms with E-state index in [1.807, 2.05) is 6.07 Å². The van der Waals surface area contributed by atoms with E-state index in [4.69, 9.17) is 9.47 Å². The number of Topliss-reactive ketones (excluding diaryl/α,β-unsaturated/α-hetero) is 1. The van der Waals surface area contributed by atoms with Crippen molar-refractivity contribution in [2.75, 3.05) is 18.5 Å². The van der Waals surface area contributed by atoms with Crippen LogP contribution in [-0.2, 0) is 29.4 Å². The van der Waals surface area contributed by atoms with Gasteiger partial charge in [0.1, 0.15) is 17.5 Å². The monoisotopic (exact) mass is 346 g/mol. The quantitative estimate of drug-likeness (QED) is 0.752. The molecule has 0 fully saturated rings. The number of esters is 2. The molecule has 9 heteroatoms. The van der Waals surface area contributed by atoms with E-state index < -0.39 is 29.7 Å². The first-order valence-electron chi connectivity index (χ1n) is 7.71. The first-order valence-corrected chi connectivity index (χ1v) is 7.71. The number of hydrogen-bond acceptors (Lipinski definition) is 8. The van der Waals surface area contributed by atoms with Crippen molar-refractivity contribution in [1.82, 2.24) is 9.78 Å². The van der Waals surface area contributed by atoms with Gasteiger partial charge in [0.05, 0.1) is 31.4 Å². The topological polar surface area (TPSA) is 123 Å². The number of nitrogens with zero attached hydrogens (tertiary/aromatic N) is 3. The molecule has 0 aliphatic carbocycles. The van der Waals surface area contributed by atoms with Crippen molar-refractivity contribution in [3.63, 3.8) is 0 Å². The van der Waals surface area contributed by atoms with Crippen LogP contribution in [0.25, 0.3) is 0 Å². The SMILES string of the molecule is CCOC(=O)CC1(C(=O)OCC)C(C(C)=O)=CNc2c(C#N)cnn21. The molecule has 0 radical (unpaired) electrons. The van der Waals surface area contributed by atoms with E-state index in [0.717, 1.165) is 4.68 Å². The predicted octanol–water partition coefficient (Wildman–Crippen LogP) is 0.865. The third kappa shape index (κ3) is 2.98. The summed E-state index contributed by atoms with van der Waals surface area (Å²) in [6.07, 6.45) is 2.07. The van der Waals surface area contributed by atoms with E-state index in [1.54, 1.807) is 13.8 Å². The molecule has 0 amide bonds. The Kier molecular flexibility index (Phi) is 5.22. The van der Waals surface area contributed by atoms with Gasteiger partial charge in [0.2, 0.25) is 5.54 Å². The van der Waals surface area contributed by atoms with Crippen LogP contribution in [0, 0.1) is 11.3 Å². The molecule has 132 valence electrons. The molecule has 2 rings (SSSR count). The summed E-state index contributed by atoms with van der Waals surface area (Å²) >= 11 is 0. The number of anilines is 1. The van der Waals surface area contributed by atoms with Gasteiger partial charge in [0, 0.05) is 6.20 Å². The number of carbonyl (C=O) groups is 3. The molecule has 1 N–H and O–H groups in total. The lowest BCUT2D eigenvalue weighted by Gasteiger charge is -2.36. The van der Waals surface area contributed by atoms with Gasteiger partial charge >= 0.3 is 11.9 Å². The molecule has 1 aliphatic rings. The van der Waals surface area contributed by atoms with E-state index in [2.05, 4.69) is 10.4 Å².